The SMILES string of the molecule is O=C(C[C@@H]1COCCN1Cc1cc2ccccc2[nH]c1=O)N1CCSCC1. The molecule has 1 aromatic carbocycles. The van der Waals surface area contributed by atoms with Crippen molar-refractivity contribution in [2.45, 2.75) is 19.0 Å². The minimum absolute atomic E-state index is 0.0201. The van der Waals surface area contributed by atoms with Crippen LogP contribution in [0.5, 0.6) is 0 Å². The smallest absolute Gasteiger partial charge is 0.252 e. The van der Waals surface area contributed by atoms with Crippen molar-refractivity contribution in [3.8, 4) is 0 Å². The van der Waals surface area contributed by atoms with Crippen LogP contribution in [0.1, 0.15) is 12.0 Å². The number of nitrogens with zero attached hydrogens (tertiary/aromatic N) is 2. The lowest BCUT2D eigenvalue weighted by Gasteiger charge is -2.36. The molecule has 0 spiro atoms. The first kappa shape index (κ1) is 18.5. The zero-order valence-electron chi connectivity index (χ0n) is 15.4. The Morgan fingerprint density at radius 1 is 1.22 bits per heavy atom. The molecule has 0 bridgehead atoms. The Morgan fingerprint density at radius 3 is 2.89 bits per heavy atom. The summed E-state index contributed by atoms with van der Waals surface area (Å²) in [6.07, 6.45) is 0.455. The van der Waals surface area contributed by atoms with Crippen LogP contribution in [0.25, 0.3) is 10.9 Å². The number of nitrogens with one attached hydrogen (secondary N) is 1. The van der Waals surface area contributed by atoms with Gasteiger partial charge >= 0.3 is 0 Å². The number of carbonyl (C=O) groups is 1. The standard InChI is InChI=1S/C20H25N3O3S/c24-19(22-6-9-27-10-7-22)12-17-14-26-8-5-23(17)13-16-11-15-3-1-2-4-18(15)21-20(16)25/h1-4,11,17H,5-10,12-14H2,(H,21,25)/t17-/m1/s1. The molecule has 0 aliphatic carbocycles. The van der Waals surface area contributed by atoms with Gasteiger partial charge in [-0.05, 0) is 17.5 Å². The number of aromatic amines is 1. The number of aromatic nitrogens is 1. The summed E-state index contributed by atoms with van der Waals surface area (Å²) in [5.74, 6) is 2.23. The number of fused-ring (bicyclic) bond motifs is 1. The highest BCUT2D eigenvalue weighted by Gasteiger charge is 2.28. The quantitative estimate of drug-likeness (QED) is 0.865. The highest BCUT2D eigenvalue weighted by molar-refractivity contribution is 7.99. The fourth-order valence-electron chi connectivity index (χ4n) is 3.76. The fourth-order valence-corrected chi connectivity index (χ4v) is 4.66. The molecule has 2 fully saturated rings. The number of rotatable bonds is 4. The van der Waals surface area contributed by atoms with Crippen molar-refractivity contribution in [2.75, 3.05) is 44.4 Å². The van der Waals surface area contributed by atoms with E-state index in [0.717, 1.165) is 47.6 Å². The molecule has 6 nitrogen and oxygen atoms in total. The third-order valence-electron chi connectivity index (χ3n) is 5.33. The van der Waals surface area contributed by atoms with E-state index in [1.54, 1.807) is 0 Å². The molecule has 7 heteroatoms. The number of H-pyrrole nitrogens is 1. The molecule has 1 aromatic heterocycles. The zero-order valence-corrected chi connectivity index (χ0v) is 16.2. The molecule has 0 saturated carbocycles. The molecule has 2 aliphatic rings. The molecule has 2 aromatic rings. The van der Waals surface area contributed by atoms with Crippen LogP contribution in [0.2, 0.25) is 0 Å². The second-order valence-electron chi connectivity index (χ2n) is 7.11. The van der Waals surface area contributed by atoms with Crippen LogP contribution in [-0.4, -0.2) is 71.1 Å². The van der Waals surface area contributed by atoms with E-state index in [1.807, 2.05) is 47.0 Å². The Kier molecular flexibility index (Phi) is 5.80. The molecule has 144 valence electrons. The lowest BCUT2D eigenvalue weighted by Crippen LogP contribution is -2.49. The molecule has 2 aliphatic heterocycles. The Hall–Kier alpha value is -1.83. The third-order valence-corrected chi connectivity index (χ3v) is 6.27. The van der Waals surface area contributed by atoms with Crippen molar-refractivity contribution in [1.82, 2.24) is 14.8 Å². The topological polar surface area (TPSA) is 65.6 Å². The van der Waals surface area contributed by atoms with Gasteiger partial charge in [0.2, 0.25) is 5.91 Å². The largest absolute Gasteiger partial charge is 0.378 e. The third kappa shape index (κ3) is 4.36. The Labute approximate surface area is 162 Å². The monoisotopic (exact) mass is 387 g/mol. The second-order valence-corrected chi connectivity index (χ2v) is 8.33. The summed E-state index contributed by atoms with van der Waals surface area (Å²) in [5.41, 5.74) is 1.53. The van der Waals surface area contributed by atoms with Crippen LogP contribution in [0, 0.1) is 0 Å². The maximum atomic E-state index is 12.7. The minimum atomic E-state index is -0.0571. The van der Waals surface area contributed by atoms with Gasteiger partial charge in [-0.25, -0.2) is 0 Å². The van der Waals surface area contributed by atoms with Crippen LogP contribution in [0.15, 0.2) is 35.1 Å². The number of benzene rings is 1. The lowest BCUT2D eigenvalue weighted by molar-refractivity contribution is -0.134. The number of ether oxygens (including phenoxy) is 1. The molecule has 1 N–H and O–H groups in total. The number of para-hydroxylation sites is 1. The van der Waals surface area contributed by atoms with E-state index in [4.69, 9.17) is 4.74 Å². The number of amides is 1. The molecular formula is C20H25N3O3S. The van der Waals surface area contributed by atoms with Gasteiger partial charge in [0, 0.05) is 61.2 Å². The van der Waals surface area contributed by atoms with Crippen molar-refractivity contribution in [1.29, 1.82) is 0 Å². The van der Waals surface area contributed by atoms with Crippen LogP contribution < -0.4 is 5.56 Å². The van der Waals surface area contributed by atoms with E-state index in [2.05, 4.69) is 9.88 Å². The van der Waals surface area contributed by atoms with Crippen LogP contribution in [-0.2, 0) is 16.1 Å². The van der Waals surface area contributed by atoms with E-state index in [-0.39, 0.29) is 17.5 Å². The number of morpholine rings is 1. The van der Waals surface area contributed by atoms with Crippen LogP contribution in [0.3, 0.4) is 0 Å². The molecular weight excluding hydrogens is 362 g/mol. The summed E-state index contributed by atoms with van der Waals surface area (Å²) in [6.45, 7) is 4.12. The number of hydrogen-bond donors (Lipinski definition) is 1. The van der Waals surface area contributed by atoms with Gasteiger partial charge < -0.3 is 14.6 Å². The Morgan fingerprint density at radius 2 is 2.04 bits per heavy atom. The van der Waals surface area contributed by atoms with Crippen molar-refractivity contribution in [3.63, 3.8) is 0 Å². The maximum Gasteiger partial charge on any atom is 0.252 e. The maximum absolute atomic E-state index is 12.7. The van der Waals surface area contributed by atoms with Gasteiger partial charge in [-0.2, -0.15) is 11.8 Å². The number of thioether (sulfide) groups is 1. The highest BCUT2D eigenvalue weighted by Crippen LogP contribution is 2.18. The molecule has 3 heterocycles. The van der Waals surface area contributed by atoms with E-state index < -0.39 is 0 Å². The van der Waals surface area contributed by atoms with E-state index in [9.17, 15) is 9.59 Å². The predicted octanol–water partition coefficient (Wildman–Crippen LogP) is 1.69. The summed E-state index contributed by atoms with van der Waals surface area (Å²) in [5, 5.41) is 1.03. The molecule has 1 atom stereocenters. The van der Waals surface area contributed by atoms with Crippen molar-refractivity contribution >= 4 is 28.6 Å². The number of carbonyl (C=O) groups excluding carboxylic acids is 1. The lowest BCUT2D eigenvalue weighted by atomic mass is 10.1. The highest BCUT2D eigenvalue weighted by atomic mass is 32.2. The first-order valence-electron chi connectivity index (χ1n) is 9.49. The van der Waals surface area contributed by atoms with Gasteiger partial charge in [-0.3, -0.25) is 14.5 Å². The summed E-state index contributed by atoms with van der Waals surface area (Å²) in [4.78, 5) is 32.3. The van der Waals surface area contributed by atoms with Crippen LogP contribution in [0.4, 0.5) is 0 Å². The summed E-state index contributed by atoms with van der Waals surface area (Å²) < 4.78 is 5.64. The molecule has 0 radical (unpaired) electrons. The van der Waals surface area contributed by atoms with Gasteiger partial charge in [-0.15, -0.1) is 0 Å². The molecule has 27 heavy (non-hydrogen) atoms. The van der Waals surface area contributed by atoms with Gasteiger partial charge in [0.05, 0.1) is 13.2 Å². The Bertz CT molecular complexity index is 863. The summed E-state index contributed by atoms with van der Waals surface area (Å²) in [7, 11) is 0. The first-order valence-corrected chi connectivity index (χ1v) is 10.6. The van der Waals surface area contributed by atoms with Gasteiger partial charge in [0.25, 0.3) is 5.56 Å². The second kappa shape index (κ2) is 8.46. The Balaban J connectivity index is 1.48. The van der Waals surface area contributed by atoms with Crippen molar-refractivity contribution < 1.29 is 9.53 Å². The molecule has 0 unspecified atom stereocenters. The number of hydrogen-bond acceptors (Lipinski definition) is 5. The summed E-state index contributed by atoms with van der Waals surface area (Å²) >= 11 is 1.90. The van der Waals surface area contributed by atoms with Gasteiger partial charge in [-0.1, -0.05) is 18.2 Å². The van der Waals surface area contributed by atoms with Gasteiger partial charge in [0.15, 0.2) is 0 Å². The average molecular weight is 388 g/mol. The predicted molar refractivity (Wildman–Crippen MR) is 108 cm³/mol. The van der Waals surface area contributed by atoms with Gasteiger partial charge in [0.1, 0.15) is 0 Å². The minimum Gasteiger partial charge on any atom is -0.378 e. The van der Waals surface area contributed by atoms with Crippen LogP contribution >= 0.6 is 11.8 Å². The molecule has 2 saturated heterocycles. The summed E-state index contributed by atoms with van der Waals surface area (Å²) in [6, 6.07) is 9.78. The molecule has 4 rings (SSSR count). The van der Waals surface area contributed by atoms with E-state index in [0.29, 0.717) is 26.2 Å². The van der Waals surface area contributed by atoms with Crippen molar-refractivity contribution in [2.24, 2.45) is 0 Å². The first-order chi connectivity index (χ1) is 13.2. The fraction of sp³-hybridized carbons (Fsp3) is 0.500. The average Bonchev–Trinajstić information content (AvgIpc) is 2.70. The van der Waals surface area contributed by atoms with E-state index in [1.165, 1.54) is 0 Å². The normalized spacial score (nSPS) is 21.5. The molecule has 1 amide bonds. The van der Waals surface area contributed by atoms with Crippen molar-refractivity contribution in [3.05, 3.63) is 46.2 Å². The number of pyridine rings is 1. The zero-order chi connectivity index (χ0) is 18.6. The van der Waals surface area contributed by atoms with E-state index >= 15 is 0 Å².